The van der Waals surface area contributed by atoms with Gasteiger partial charge in [0.15, 0.2) is 0 Å². The highest BCUT2D eigenvalue weighted by Gasteiger charge is 2.28. The van der Waals surface area contributed by atoms with Crippen molar-refractivity contribution in [2.75, 3.05) is 30.3 Å². The molecular weight excluding hydrogens is 280 g/mol. The van der Waals surface area contributed by atoms with E-state index in [9.17, 15) is 8.42 Å². The third-order valence-electron chi connectivity index (χ3n) is 3.94. The molecule has 0 aliphatic carbocycles. The van der Waals surface area contributed by atoms with Gasteiger partial charge in [0, 0.05) is 30.9 Å². The monoisotopic (exact) mass is 306 g/mol. The number of nitrogens with one attached hydrogen (secondary N) is 1. The van der Waals surface area contributed by atoms with Crippen molar-refractivity contribution in [3.8, 4) is 0 Å². The van der Waals surface area contributed by atoms with Crippen LogP contribution < -0.4 is 5.32 Å². The fourth-order valence-corrected chi connectivity index (χ4v) is 5.52. The molecule has 2 aliphatic rings. The second kappa shape index (κ2) is 7.29. The Hall–Kier alpha value is 0.220. The first-order valence-corrected chi connectivity index (χ1v) is 10.2. The highest BCUT2D eigenvalue weighted by atomic mass is 32.2. The van der Waals surface area contributed by atoms with Crippen LogP contribution in [0.2, 0.25) is 0 Å². The number of hydrogen-bond donors (Lipinski definition) is 1. The predicted octanol–water partition coefficient (Wildman–Crippen LogP) is 1.68. The second-order valence-corrected chi connectivity index (χ2v) is 8.81. The van der Waals surface area contributed by atoms with Crippen molar-refractivity contribution in [3.05, 3.63) is 0 Å². The lowest BCUT2D eigenvalue weighted by atomic mass is 10.0. The Morgan fingerprint density at radius 1 is 1.21 bits per heavy atom. The smallest absolute Gasteiger partial charge is 0.214 e. The lowest BCUT2D eigenvalue weighted by molar-refractivity contribution is 0.273. The molecule has 2 saturated heterocycles. The number of nitrogens with zero attached hydrogens (tertiary/aromatic N) is 1. The summed E-state index contributed by atoms with van der Waals surface area (Å²) in [5, 5.41) is 3.72. The first kappa shape index (κ1) is 15.6. The summed E-state index contributed by atoms with van der Waals surface area (Å²) in [6.45, 7) is 3.31. The first-order valence-electron chi connectivity index (χ1n) is 7.43. The van der Waals surface area contributed by atoms with E-state index in [1.54, 1.807) is 4.31 Å². The van der Waals surface area contributed by atoms with Gasteiger partial charge < -0.3 is 5.32 Å². The zero-order chi connectivity index (χ0) is 13.7. The molecule has 2 rings (SSSR count). The molecular formula is C13H26N2O2S2. The number of rotatable bonds is 5. The minimum absolute atomic E-state index is 0.296. The van der Waals surface area contributed by atoms with Gasteiger partial charge in [-0.15, -0.1) is 0 Å². The van der Waals surface area contributed by atoms with Crippen molar-refractivity contribution in [2.24, 2.45) is 0 Å². The molecule has 0 amide bonds. The van der Waals surface area contributed by atoms with Crippen molar-refractivity contribution >= 4 is 21.8 Å². The Balaban J connectivity index is 1.75. The largest absolute Gasteiger partial charge is 0.310 e. The van der Waals surface area contributed by atoms with Gasteiger partial charge in [-0.2, -0.15) is 11.8 Å². The molecule has 0 radical (unpaired) electrons. The maximum atomic E-state index is 12.0. The van der Waals surface area contributed by atoms with Gasteiger partial charge in [0.2, 0.25) is 10.0 Å². The molecule has 0 saturated carbocycles. The Kier molecular flexibility index (Phi) is 5.99. The van der Waals surface area contributed by atoms with Gasteiger partial charge in [0.25, 0.3) is 0 Å². The van der Waals surface area contributed by atoms with Gasteiger partial charge in [0.05, 0.1) is 5.75 Å². The highest BCUT2D eigenvalue weighted by Crippen LogP contribution is 2.20. The third-order valence-corrected chi connectivity index (χ3v) is 7.23. The van der Waals surface area contributed by atoms with Crippen LogP contribution in [0.1, 0.15) is 39.0 Å². The number of thioether (sulfide) groups is 1. The molecule has 2 fully saturated rings. The number of hydrogen-bond acceptors (Lipinski definition) is 4. The van der Waals surface area contributed by atoms with Crippen molar-refractivity contribution < 1.29 is 8.42 Å². The lowest BCUT2D eigenvalue weighted by Crippen LogP contribution is -2.49. The minimum atomic E-state index is -2.99. The van der Waals surface area contributed by atoms with Crippen LogP contribution in [0.4, 0.5) is 0 Å². The normalized spacial score (nSPS) is 27.5. The van der Waals surface area contributed by atoms with Gasteiger partial charge in [0.1, 0.15) is 0 Å². The van der Waals surface area contributed by atoms with E-state index in [-0.39, 0.29) is 0 Å². The molecule has 0 aromatic rings. The molecule has 2 aliphatic heterocycles. The predicted molar refractivity (Wildman–Crippen MR) is 82.2 cm³/mol. The topological polar surface area (TPSA) is 49.4 Å². The number of sulfonamides is 1. The average molecular weight is 306 g/mol. The van der Waals surface area contributed by atoms with Crippen LogP contribution in [0.15, 0.2) is 0 Å². The summed E-state index contributed by atoms with van der Waals surface area (Å²) in [6, 6.07) is 1.15. The molecule has 0 spiro atoms. The Morgan fingerprint density at radius 3 is 2.53 bits per heavy atom. The molecule has 6 heteroatoms. The van der Waals surface area contributed by atoms with Crippen LogP contribution >= 0.6 is 11.8 Å². The van der Waals surface area contributed by atoms with Crippen LogP contribution in [-0.4, -0.2) is 55.2 Å². The van der Waals surface area contributed by atoms with Gasteiger partial charge in [-0.3, -0.25) is 0 Å². The SMILES string of the molecule is CCCS(=O)(=O)N1CCC(NC2CCCSC2)CC1. The van der Waals surface area contributed by atoms with Crippen molar-refractivity contribution in [2.45, 2.75) is 51.1 Å². The number of piperidine rings is 1. The van der Waals surface area contributed by atoms with Crippen molar-refractivity contribution in [1.29, 1.82) is 0 Å². The average Bonchev–Trinajstić information content (AvgIpc) is 2.40. The fraction of sp³-hybridized carbons (Fsp3) is 1.00. The maximum Gasteiger partial charge on any atom is 0.214 e. The van der Waals surface area contributed by atoms with Crippen LogP contribution in [0.3, 0.4) is 0 Å². The molecule has 1 N–H and O–H groups in total. The zero-order valence-electron chi connectivity index (χ0n) is 11.8. The van der Waals surface area contributed by atoms with Crippen molar-refractivity contribution in [1.82, 2.24) is 9.62 Å². The summed E-state index contributed by atoms with van der Waals surface area (Å²) < 4.78 is 25.7. The van der Waals surface area contributed by atoms with Gasteiger partial charge in [-0.25, -0.2) is 12.7 Å². The van der Waals surface area contributed by atoms with Gasteiger partial charge in [-0.05, 0) is 37.9 Å². The summed E-state index contributed by atoms with van der Waals surface area (Å²) in [7, 11) is -2.99. The Bertz CT molecular complexity index is 359. The second-order valence-electron chi connectivity index (χ2n) is 5.57. The van der Waals surface area contributed by atoms with Crippen LogP contribution in [-0.2, 0) is 10.0 Å². The summed E-state index contributed by atoms with van der Waals surface area (Å²) in [4.78, 5) is 0. The van der Waals surface area contributed by atoms with E-state index < -0.39 is 10.0 Å². The summed E-state index contributed by atoms with van der Waals surface area (Å²) in [5.41, 5.74) is 0. The van der Waals surface area contributed by atoms with Crippen molar-refractivity contribution in [3.63, 3.8) is 0 Å². The minimum Gasteiger partial charge on any atom is -0.310 e. The zero-order valence-corrected chi connectivity index (χ0v) is 13.4. The van der Waals surface area contributed by atoms with E-state index in [4.69, 9.17) is 0 Å². The Labute approximate surface area is 121 Å². The van der Waals surface area contributed by atoms with E-state index in [1.165, 1.54) is 24.3 Å². The molecule has 0 aromatic carbocycles. The van der Waals surface area contributed by atoms with Crippen LogP contribution in [0.25, 0.3) is 0 Å². The molecule has 1 unspecified atom stereocenters. The van der Waals surface area contributed by atoms with E-state index >= 15 is 0 Å². The van der Waals surface area contributed by atoms with Crippen LogP contribution in [0, 0.1) is 0 Å². The summed E-state index contributed by atoms with van der Waals surface area (Å²) in [5.74, 6) is 2.81. The van der Waals surface area contributed by atoms with E-state index in [2.05, 4.69) is 5.32 Å². The molecule has 4 nitrogen and oxygen atoms in total. The van der Waals surface area contributed by atoms with E-state index in [0.29, 0.717) is 37.3 Å². The molecule has 0 aromatic heterocycles. The third kappa shape index (κ3) is 4.62. The molecule has 1 atom stereocenters. The molecule has 19 heavy (non-hydrogen) atoms. The van der Waals surface area contributed by atoms with Gasteiger partial charge in [-0.1, -0.05) is 6.92 Å². The quantitative estimate of drug-likeness (QED) is 0.839. The van der Waals surface area contributed by atoms with E-state index in [0.717, 1.165) is 12.8 Å². The lowest BCUT2D eigenvalue weighted by Gasteiger charge is -2.34. The highest BCUT2D eigenvalue weighted by molar-refractivity contribution is 7.99. The van der Waals surface area contributed by atoms with Gasteiger partial charge >= 0.3 is 0 Å². The standard InChI is InChI=1S/C13H26N2O2S2/c1-2-10-19(16,17)15-7-5-12(6-8-15)14-13-4-3-9-18-11-13/h12-14H,2-11H2,1H3. The molecule has 2 heterocycles. The Morgan fingerprint density at radius 2 is 1.95 bits per heavy atom. The molecule has 0 bridgehead atoms. The molecule has 112 valence electrons. The van der Waals surface area contributed by atoms with Crippen LogP contribution in [0.5, 0.6) is 0 Å². The summed E-state index contributed by atoms with van der Waals surface area (Å²) in [6.07, 6.45) is 5.22. The van der Waals surface area contributed by atoms with E-state index in [1.807, 2.05) is 18.7 Å². The summed E-state index contributed by atoms with van der Waals surface area (Å²) >= 11 is 2.03. The fourth-order valence-electron chi connectivity index (χ4n) is 2.89. The first-order chi connectivity index (χ1) is 9.12. The maximum absolute atomic E-state index is 12.0.